The van der Waals surface area contributed by atoms with Crippen LogP contribution in [0.15, 0.2) is 48.2 Å². The molecule has 0 atom stereocenters. The number of benzene rings is 1. The molecule has 17 heavy (non-hydrogen) atoms. The fourth-order valence-electron chi connectivity index (χ4n) is 2.70. The van der Waals surface area contributed by atoms with Gasteiger partial charge in [0.15, 0.2) is 0 Å². The monoisotopic (exact) mass is 217 g/mol. The van der Waals surface area contributed by atoms with E-state index < -0.39 is 0 Å². The molecule has 0 aliphatic heterocycles. The van der Waals surface area contributed by atoms with Crippen LogP contribution in [0, 0.1) is 0 Å². The fourth-order valence-corrected chi connectivity index (χ4v) is 2.70. The van der Waals surface area contributed by atoms with Gasteiger partial charge in [0, 0.05) is 12.6 Å². The van der Waals surface area contributed by atoms with Gasteiger partial charge in [0.25, 0.3) is 0 Å². The standard InChI is InChI=1S/C16H11N/c1-2-6-14-11(4-1)8-13-9-12-5-3-7-17-16(12)10-15(13)14/h1-8,10H,9H2. The summed E-state index contributed by atoms with van der Waals surface area (Å²) in [5.41, 5.74) is 7.91. The highest BCUT2D eigenvalue weighted by atomic mass is 14.7. The van der Waals surface area contributed by atoms with Crippen molar-refractivity contribution in [3.63, 3.8) is 0 Å². The van der Waals surface area contributed by atoms with Crippen LogP contribution in [0.3, 0.4) is 0 Å². The summed E-state index contributed by atoms with van der Waals surface area (Å²) in [4.78, 5) is 4.45. The molecule has 0 amide bonds. The van der Waals surface area contributed by atoms with Crippen LogP contribution in [-0.4, -0.2) is 4.98 Å². The summed E-state index contributed by atoms with van der Waals surface area (Å²) in [7, 11) is 0. The van der Waals surface area contributed by atoms with Gasteiger partial charge in [-0.1, -0.05) is 36.4 Å². The zero-order chi connectivity index (χ0) is 11.2. The van der Waals surface area contributed by atoms with Crippen molar-refractivity contribution in [3.05, 3.63) is 70.6 Å². The van der Waals surface area contributed by atoms with E-state index in [1.165, 1.54) is 27.8 Å². The molecule has 0 saturated carbocycles. The van der Waals surface area contributed by atoms with Crippen molar-refractivity contribution in [1.29, 1.82) is 0 Å². The quantitative estimate of drug-likeness (QED) is 0.657. The Morgan fingerprint density at radius 3 is 2.88 bits per heavy atom. The van der Waals surface area contributed by atoms with Crippen LogP contribution < -0.4 is 0 Å². The van der Waals surface area contributed by atoms with E-state index >= 15 is 0 Å². The van der Waals surface area contributed by atoms with Gasteiger partial charge in [-0.2, -0.15) is 0 Å². The van der Waals surface area contributed by atoms with Gasteiger partial charge in [-0.15, -0.1) is 0 Å². The van der Waals surface area contributed by atoms with Gasteiger partial charge in [0.1, 0.15) is 0 Å². The van der Waals surface area contributed by atoms with Gasteiger partial charge in [-0.25, -0.2) is 0 Å². The van der Waals surface area contributed by atoms with E-state index in [9.17, 15) is 0 Å². The summed E-state index contributed by atoms with van der Waals surface area (Å²) >= 11 is 0. The Kier molecular flexibility index (Phi) is 1.67. The molecule has 1 aromatic heterocycles. The highest BCUT2D eigenvalue weighted by molar-refractivity contribution is 6.03. The number of aromatic nitrogens is 1. The first-order valence-corrected chi connectivity index (χ1v) is 5.88. The summed E-state index contributed by atoms with van der Waals surface area (Å²) in [5, 5.41) is 0. The van der Waals surface area contributed by atoms with Crippen molar-refractivity contribution < 1.29 is 0 Å². The number of nitrogens with zero attached hydrogens (tertiary/aromatic N) is 1. The normalized spacial score (nSPS) is 15.5. The molecular weight excluding hydrogens is 206 g/mol. The smallest absolute Gasteiger partial charge is 0.0671 e. The number of pyridine rings is 1. The van der Waals surface area contributed by atoms with E-state index in [2.05, 4.69) is 47.5 Å². The average Bonchev–Trinajstić information content (AvgIpc) is 2.73. The van der Waals surface area contributed by atoms with Crippen LogP contribution in [0.5, 0.6) is 0 Å². The summed E-state index contributed by atoms with van der Waals surface area (Å²) in [6, 6.07) is 12.8. The van der Waals surface area contributed by atoms with E-state index in [1.807, 2.05) is 12.3 Å². The Morgan fingerprint density at radius 2 is 1.88 bits per heavy atom. The van der Waals surface area contributed by atoms with E-state index in [0.717, 1.165) is 12.1 Å². The van der Waals surface area contributed by atoms with Crippen LogP contribution in [0.1, 0.15) is 22.4 Å². The van der Waals surface area contributed by atoms with Crippen molar-refractivity contribution in [2.45, 2.75) is 6.42 Å². The van der Waals surface area contributed by atoms with Gasteiger partial charge in [-0.3, -0.25) is 4.98 Å². The lowest BCUT2D eigenvalue weighted by Gasteiger charge is -2.15. The summed E-state index contributed by atoms with van der Waals surface area (Å²) < 4.78 is 0. The van der Waals surface area contributed by atoms with Gasteiger partial charge in [0.2, 0.25) is 0 Å². The summed E-state index contributed by atoms with van der Waals surface area (Å²) in [6.45, 7) is 0. The van der Waals surface area contributed by atoms with E-state index in [4.69, 9.17) is 0 Å². The maximum Gasteiger partial charge on any atom is 0.0671 e. The van der Waals surface area contributed by atoms with Crippen molar-refractivity contribution >= 4 is 17.7 Å². The SMILES string of the molecule is C1=C2Cc3cccnc3C=C2c2ccccc21. The third-order valence-corrected chi connectivity index (χ3v) is 3.51. The molecule has 4 rings (SSSR count). The zero-order valence-electron chi connectivity index (χ0n) is 9.35. The maximum atomic E-state index is 4.45. The second-order valence-electron chi connectivity index (χ2n) is 4.54. The number of rotatable bonds is 0. The van der Waals surface area contributed by atoms with Gasteiger partial charge < -0.3 is 0 Å². The van der Waals surface area contributed by atoms with E-state index in [-0.39, 0.29) is 0 Å². The molecule has 1 nitrogen and oxygen atoms in total. The molecule has 2 aliphatic rings. The van der Waals surface area contributed by atoms with E-state index in [0.29, 0.717) is 0 Å². The Morgan fingerprint density at radius 1 is 0.941 bits per heavy atom. The predicted octanol–water partition coefficient (Wildman–Crippen LogP) is 3.58. The second kappa shape index (κ2) is 3.17. The van der Waals surface area contributed by atoms with Gasteiger partial charge in [-0.05, 0) is 40.0 Å². The lowest BCUT2D eigenvalue weighted by atomic mass is 9.90. The van der Waals surface area contributed by atoms with Gasteiger partial charge >= 0.3 is 0 Å². The summed E-state index contributed by atoms with van der Waals surface area (Å²) in [6.07, 6.45) is 7.39. The topological polar surface area (TPSA) is 12.9 Å². The van der Waals surface area contributed by atoms with Crippen LogP contribution in [0.4, 0.5) is 0 Å². The molecule has 80 valence electrons. The van der Waals surface area contributed by atoms with Crippen molar-refractivity contribution in [3.8, 4) is 0 Å². The predicted molar refractivity (Wildman–Crippen MR) is 70.2 cm³/mol. The lowest BCUT2D eigenvalue weighted by Crippen LogP contribution is -2.01. The number of fused-ring (bicyclic) bond motifs is 4. The van der Waals surface area contributed by atoms with Crippen LogP contribution in [0.25, 0.3) is 17.7 Å². The second-order valence-corrected chi connectivity index (χ2v) is 4.54. The maximum absolute atomic E-state index is 4.45. The molecule has 0 radical (unpaired) electrons. The molecule has 0 fully saturated rings. The Labute approximate surface area is 100 Å². The largest absolute Gasteiger partial charge is 0.257 e. The Hall–Kier alpha value is -2.15. The molecule has 0 bridgehead atoms. The molecule has 2 aliphatic carbocycles. The molecule has 0 N–H and O–H groups in total. The fraction of sp³-hybridized carbons (Fsp3) is 0.0625. The minimum Gasteiger partial charge on any atom is -0.257 e. The molecule has 0 unspecified atom stereocenters. The first kappa shape index (κ1) is 8.94. The third-order valence-electron chi connectivity index (χ3n) is 3.51. The van der Waals surface area contributed by atoms with Crippen molar-refractivity contribution in [1.82, 2.24) is 4.98 Å². The first-order chi connectivity index (χ1) is 8.42. The molecule has 0 saturated heterocycles. The number of hydrogen-bond acceptors (Lipinski definition) is 1. The molecule has 2 aromatic rings. The molecule has 1 aromatic carbocycles. The molecule has 1 heterocycles. The first-order valence-electron chi connectivity index (χ1n) is 5.88. The van der Waals surface area contributed by atoms with Crippen LogP contribution in [-0.2, 0) is 6.42 Å². The van der Waals surface area contributed by atoms with Gasteiger partial charge in [0.05, 0.1) is 5.69 Å². The van der Waals surface area contributed by atoms with Crippen molar-refractivity contribution in [2.24, 2.45) is 0 Å². The average molecular weight is 217 g/mol. The highest BCUT2D eigenvalue weighted by Crippen LogP contribution is 2.41. The summed E-state index contributed by atoms with van der Waals surface area (Å²) in [5.74, 6) is 0. The Bertz CT molecular complexity index is 677. The van der Waals surface area contributed by atoms with Crippen LogP contribution in [0.2, 0.25) is 0 Å². The van der Waals surface area contributed by atoms with E-state index in [1.54, 1.807) is 0 Å². The minimum atomic E-state index is 1.00. The van der Waals surface area contributed by atoms with Crippen molar-refractivity contribution in [2.75, 3.05) is 0 Å². The lowest BCUT2D eigenvalue weighted by molar-refractivity contribution is 1.13. The molecule has 1 heteroatoms. The van der Waals surface area contributed by atoms with Crippen LogP contribution >= 0.6 is 0 Å². The third kappa shape index (κ3) is 1.22. The molecular formula is C16H11N. The minimum absolute atomic E-state index is 1.00. The zero-order valence-corrected chi connectivity index (χ0v) is 9.35. The number of hydrogen-bond donors (Lipinski definition) is 0. The number of allylic oxidation sites excluding steroid dienone is 2. The highest BCUT2D eigenvalue weighted by Gasteiger charge is 2.23. The molecule has 0 spiro atoms. The Balaban J connectivity index is 1.97.